The van der Waals surface area contributed by atoms with E-state index in [1.807, 2.05) is 52.9 Å². The quantitative estimate of drug-likeness (QED) is 0.332. The Labute approximate surface area is 229 Å². The third kappa shape index (κ3) is 10.8. The predicted molar refractivity (Wildman–Crippen MR) is 157 cm³/mol. The number of likely N-dealkylation sites (tertiary alicyclic amines) is 1. The van der Waals surface area contributed by atoms with Gasteiger partial charge in [-0.2, -0.15) is 4.98 Å². The Bertz CT molecular complexity index is 952. The maximum absolute atomic E-state index is 12.4. The van der Waals surface area contributed by atoms with Crippen LogP contribution >= 0.6 is 0 Å². The summed E-state index contributed by atoms with van der Waals surface area (Å²) in [7, 11) is 1.99. The van der Waals surface area contributed by atoms with E-state index in [-0.39, 0.29) is 5.69 Å². The lowest BCUT2D eigenvalue weighted by atomic mass is 10.1. The highest BCUT2D eigenvalue weighted by atomic mass is 16.5. The Kier molecular flexibility index (Phi) is 14.5. The number of aromatic nitrogens is 3. The van der Waals surface area contributed by atoms with Crippen molar-refractivity contribution < 1.29 is 4.74 Å². The van der Waals surface area contributed by atoms with Crippen LogP contribution in [0, 0.1) is 5.41 Å². The summed E-state index contributed by atoms with van der Waals surface area (Å²) in [5.41, 5.74) is 7.08. The van der Waals surface area contributed by atoms with Gasteiger partial charge in [0.15, 0.2) is 0 Å². The molecule has 2 aromatic rings. The molecular weight excluding hydrogens is 478 g/mol. The van der Waals surface area contributed by atoms with Gasteiger partial charge in [0, 0.05) is 36.9 Å². The molecule has 1 saturated heterocycles. The number of rotatable bonds is 13. The zero-order valence-corrected chi connectivity index (χ0v) is 24.3. The zero-order valence-electron chi connectivity index (χ0n) is 24.3. The van der Waals surface area contributed by atoms with Crippen LogP contribution in [0.4, 0.5) is 11.6 Å². The largest absolute Gasteiger partial charge is 0.376 e. The average molecular weight is 530 g/mol. The van der Waals surface area contributed by atoms with Crippen molar-refractivity contribution in [2.75, 3.05) is 45.2 Å². The van der Waals surface area contributed by atoms with Crippen LogP contribution in [0.5, 0.6) is 0 Å². The number of hydrogen-bond donors (Lipinski definition) is 3. The SMILES string of the molecule is CC.CC.CNCC1(COCc2ccc(Nc3ccn(CCCCN4CCC(N)CC4)c(=O)n3)nc2)CC1. The number of ether oxygens (including phenoxy) is 1. The molecule has 0 bridgehead atoms. The minimum atomic E-state index is -0.241. The zero-order chi connectivity index (χ0) is 27.8. The monoisotopic (exact) mass is 529 g/mol. The van der Waals surface area contributed by atoms with E-state index in [4.69, 9.17) is 10.5 Å². The van der Waals surface area contributed by atoms with Crippen molar-refractivity contribution in [3.63, 3.8) is 0 Å². The molecule has 214 valence electrons. The Balaban J connectivity index is 0.00000121. The summed E-state index contributed by atoms with van der Waals surface area (Å²) in [5.74, 6) is 1.16. The second-order valence-corrected chi connectivity index (χ2v) is 9.87. The Hall–Kier alpha value is -2.33. The molecular formula is C29H51N7O2. The average Bonchev–Trinajstić information content (AvgIpc) is 3.71. The van der Waals surface area contributed by atoms with Gasteiger partial charge in [0.1, 0.15) is 11.6 Å². The second-order valence-electron chi connectivity index (χ2n) is 9.87. The second kappa shape index (κ2) is 17.3. The summed E-state index contributed by atoms with van der Waals surface area (Å²) >= 11 is 0. The van der Waals surface area contributed by atoms with E-state index in [0.29, 0.717) is 36.2 Å². The molecule has 2 aromatic heterocycles. The van der Waals surface area contributed by atoms with Crippen molar-refractivity contribution in [1.29, 1.82) is 0 Å². The van der Waals surface area contributed by atoms with Crippen LogP contribution in [0.15, 0.2) is 35.4 Å². The lowest BCUT2D eigenvalue weighted by Gasteiger charge is -2.29. The van der Waals surface area contributed by atoms with Crippen molar-refractivity contribution in [2.24, 2.45) is 11.1 Å². The molecule has 1 aliphatic carbocycles. The van der Waals surface area contributed by atoms with Crippen LogP contribution < -0.4 is 22.1 Å². The Morgan fingerprint density at radius 2 is 1.76 bits per heavy atom. The van der Waals surface area contributed by atoms with Crippen molar-refractivity contribution in [1.82, 2.24) is 24.8 Å². The topological polar surface area (TPSA) is 110 Å². The molecule has 0 atom stereocenters. The molecule has 4 N–H and O–H groups in total. The number of aryl methyl sites for hydroxylation is 1. The first kappa shape index (κ1) is 31.9. The van der Waals surface area contributed by atoms with E-state index >= 15 is 0 Å². The van der Waals surface area contributed by atoms with Crippen molar-refractivity contribution in [3.05, 3.63) is 46.6 Å². The van der Waals surface area contributed by atoms with Gasteiger partial charge in [0.2, 0.25) is 0 Å². The van der Waals surface area contributed by atoms with E-state index in [2.05, 4.69) is 25.5 Å². The molecule has 9 nitrogen and oxygen atoms in total. The molecule has 0 spiro atoms. The van der Waals surface area contributed by atoms with Gasteiger partial charge in [-0.25, -0.2) is 9.78 Å². The molecule has 2 aliphatic rings. The first-order chi connectivity index (χ1) is 18.5. The van der Waals surface area contributed by atoms with Crippen molar-refractivity contribution >= 4 is 11.6 Å². The fourth-order valence-corrected chi connectivity index (χ4v) is 4.49. The van der Waals surface area contributed by atoms with Gasteiger partial charge in [-0.15, -0.1) is 0 Å². The summed E-state index contributed by atoms with van der Waals surface area (Å²) in [6.07, 6.45) is 10.3. The van der Waals surface area contributed by atoms with Crippen molar-refractivity contribution in [2.45, 2.75) is 85.4 Å². The molecule has 0 amide bonds. The van der Waals surface area contributed by atoms with Crippen LogP contribution in [0.1, 0.15) is 71.8 Å². The van der Waals surface area contributed by atoms with Crippen LogP contribution in [0.2, 0.25) is 0 Å². The standard InChI is InChI=1S/C25H39N7O2.2C2H6/c1-27-18-25(9-10-25)19-34-17-20-4-5-22(28-16-20)29-23-8-15-32(24(33)30-23)12-3-2-11-31-13-6-21(26)7-14-31;2*1-2/h4-5,8,15-16,21,27H,2-3,6-7,9-14,17-19,26H2,1H3,(H,28,29,30,33);2*1-2H3. The van der Waals surface area contributed by atoms with Gasteiger partial charge >= 0.3 is 5.69 Å². The van der Waals surface area contributed by atoms with E-state index in [1.165, 1.54) is 12.8 Å². The van der Waals surface area contributed by atoms with Crippen molar-refractivity contribution in [3.8, 4) is 0 Å². The van der Waals surface area contributed by atoms with E-state index in [0.717, 1.165) is 64.0 Å². The number of nitrogens with zero attached hydrogens (tertiary/aromatic N) is 4. The molecule has 1 aliphatic heterocycles. The van der Waals surface area contributed by atoms with Gasteiger partial charge < -0.3 is 26.0 Å². The number of pyridine rings is 1. The number of unbranched alkanes of at least 4 members (excludes halogenated alkanes) is 1. The van der Waals surface area contributed by atoms with Gasteiger partial charge in [0.25, 0.3) is 0 Å². The maximum atomic E-state index is 12.4. The normalized spacial score (nSPS) is 16.6. The molecule has 4 rings (SSSR count). The molecule has 9 heteroatoms. The molecule has 3 heterocycles. The van der Waals surface area contributed by atoms with Gasteiger partial charge in [0.05, 0.1) is 13.2 Å². The maximum Gasteiger partial charge on any atom is 0.349 e. The molecule has 0 aromatic carbocycles. The molecule has 1 saturated carbocycles. The van der Waals surface area contributed by atoms with Crippen LogP contribution in [-0.2, 0) is 17.9 Å². The Morgan fingerprint density at radius 1 is 1.05 bits per heavy atom. The minimum Gasteiger partial charge on any atom is -0.376 e. The van der Waals surface area contributed by atoms with E-state index in [1.54, 1.807) is 17.0 Å². The van der Waals surface area contributed by atoms with Crippen LogP contribution in [-0.4, -0.2) is 65.3 Å². The number of hydrogen-bond acceptors (Lipinski definition) is 8. The number of nitrogens with two attached hydrogens (primary N) is 1. The lowest BCUT2D eigenvalue weighted by Crippen LogP contribution is -2.40. The third-order valence-electron chi connectivity index (χ3n) is 6.90. The first-order valence-electron chi connectivity index (χ1n) is 14.5. The summed E-state index contributed by atoms with van der Waals surface area (Å²) in [4.78, 5) is 23.5. The summed E-state index contributed by atoms with van der Waals surface area (Å²) < 4.78 is 7.57. The smallest absolute Gasteiger partial charge is 0.349 e. The summed E-state index contributed by atoms with van der Waals surface area (Å²) in [5, 5.41) is 6.37. The predicted octanol–water partition coefficient (Wildman–Crippen LogP) is 4.15. The molecule has 0 unspecified atom stereocenters. The van der Waals surface area contributed by atoms with E-state index in [9.17, 15) is 4.79 Å². The molecule has 2 fully saturated rings. The summed E-state index contributed by atoms with van der Waals surface area (Å²) in [6, 6.07) is 6.07. The fourth-order valence-electron chi connectivity index (χ4n) is 4.49. The minimum absolute atomic E-state index is 0.241. The highest BCUT2D eigenvalue weighted by molar-refractivity contribution is 5.50. The molecule has 38 heavy (non-hydrogen) atoms. The highest BCUT2D eigenvalue weighted by Gasteiger charge is 2.42. The van der Waals surface area contributed by atoms with Gasteiger partial charge in [-0.1, -0.05) is 33.8 Å². The van der Waals surface area contributed by atoms with Gasteiger partial charge in [-0.05, 0) is 82.9 Å². The van der Waals surface area contributed by atoms with Crippen LogP contribution in [0.25, 0.3) is 0 Å². The Morgan fingerprint density at radius 3 is 2.37 bits per heavy atom. The first-order valence-corrected chi connectivity index (χ1v) is 14.5. The molecule has 0 radical (unpaired) electrons. The lowest BCUT2D eigenvalue weighted by molar-refractivity contribution is 0.0782. The van der Waals surface area contributed by atoms with Crippen LogP contribution in [0.3, 0.4) is 0 Å². The highest BCUT2D eigenvalue weighted by Crippen LogP contribution is 2.45. The number of piperidine rings is 1. The fraction of sp³-hybridized carbons (Fsp3) is 0.690. The number of anilines is 2. The van der Waals surface area contributed by atoms with E-state index < -0.39 is 0 Å². The number of nitrogens with one attached hydrogen (secondary N) is 2. The van der Waals surface area contributed by atoms with Gasteiger partial charge in [-0.3, -0.25) is 4.57 Å². The summed E-state index contributed by atoms with van der Waals surface area (Å²) in [6.45, 7) is 14.3. The third-order valence-corrected chi connectivity index (χ3v) is 6.90.